The van der Waals surface area contributed by atoms with Crippen LogP contribution in [0.1, 0.15) is 0 Å². The van der Waals surface area contributed by atoms with Crippen LogP contribution >= 0.6 is 15.9 Å². The summed E-state index contributed by atoms with van der Waals surface area (Å²) < 4.78 is 5.68. The van der Waals surface area contributed by atoms with Crippen molar-refractivity contribution in [3.63, 3.8) is 0 Å². The van der Waals surface area contributed by atoms with Crippen LogP contribution in [-0.4, -0.2) is 24.0 Å². The third-order valence-corrected chi connectivity index (χ3v) is 2.53. The first-order valence-corrected chi connectivity index (χ1v) is 5.61. The van der Waals surface area contributed by atoms with Crippen LogP contribution in [0.2, 0.25) is 0 Å². The fourth-order valence-corrected chi connectivity index (χ4v) is 1.42. The highest BCUT2D eigenvalue weighted by Crippen LogP contribution is 2.29. The molecular weight excluding hydrogens is 304 g/mol. The van der Waals surface area contributed by atoms with Crippen molar-refractivity contribution in [1.82, 2.24) is 5.32 Å². The maximum Gasteiger partial charge on any atom is 0.273 e. The largest absolute Gasteiger partial charge is 0.482 e. The molecule has 0 spiro atoms. The molecule has 0 atom stereocenters. The van der Waals surface area contributed by atoms with Crippen LogP contribution < -0.4 is 10.1 Å². The Morgan fingerprint density at radius 1 is 1.61 bits per heavy atom. The average molecular weight is 313 g/mol. The Bertz CT molecular complexity index is 510. The summed E-state index contributed by atoms with van der Waals surface area (Å²) in [6, 6.07) is 4.04. The van der Waals surface area contributed by atoms with E-state index < -0.39 is 10.8 Å². The lowest BCUT2D eigenvalue weighted by molar-refractivity contribution is -0.385. The lowest BCUT2D eigenvalue weighted by Gasteiger charge is -2.07. The molecule has 0 bridgehead atoms. The van der Waals surface area contributed by atoms with Gasteiger partial charge in [0.25, 0.3) is 11.6 Å². The van der Waals surface area contributed by atoms with E-state index in [0.717, 1.165) is 0 Å². The van der Waals surface area contributed by atoms with Gasteiger partial charge in [-0.25, -0.2) is 0 Å². The summed E-state index contributed by atoms with van der Waals surface area (Å²) in [5, 5.41) is 13.0. The number of hydrogen-bond acceptors (Lipinski definition) is 4. The standard InChI is InChI=1S/C11H9BrN2O4/c1-2-5-13-11(15)7-18-10-6-8(14(16)17)3-4-9(10)12/h1,3-4,6H,5,7H2,(H,13,15). The van der Waals surface area contributed by atoms with Gasteiger partial charge in [0.1, 0.15) is 5.75 Å². The molecule has 6 nitrogen and oxygen atoms in total. The first-order valence-electron chi connectivity index (χ1n) is 4.81. The Morgan fingerprint density at radius 3 is 2.94 bits per heavy atom. The second-order valence-corrected chi connectivity index (χ2v) is 4.00. The number of carbonyl (C=O) groups is 1. The van der Waals surface area contributed by atoms with Gasteiger partial charge in [0.2, 0.25) is 0 Å². The van der Waals surface area contributed by atoms with Gasteiger partial charge in [-0.1, -0.05) is 5.92 Å². The monoisotopic (exact) mass is 312 g/mol. The van der Waals surface area contributed by atoms with Crippen LogP contribution in [-0.2, 0) is 4.79 Å². The molecule has 0 saturated carbocycles. The first kappa shape index (κ1) is 14.0. The van der Waals surface area contributed by atoms with Crippen LogP contribution in [0.4, 0.5) is 5.69 Å². The van der Waals surface area contributed by atoms with E-state index in [1.165, 1.54) is 18.2 Å². The van der Waals surface area contributed by atoms with Crippen molar-refractivity contribution >= 4 is 27.5 Å². The van der Waals surface area contributed by atoms with Gasteiger partial charge in [-0.15, -0.1) is 6.42 Å². The molecule has 0 radical (unpaired) electrons. The Morgan fingerprint density at radius 2 is 2.33 bits per heavy atom. The van der Waals surface area contributed by atoms with E-state index in [0.29, 0.717) is 4.47 Å². The van der Waals surface area contributed by atoms with Gasteiger partial charge in [-0.05, 0) is 22.0 Å². The van der Waals surface area contributed by atoms with E-state index >= 15 is 0 Å². The zero-order chi connectivity index (χ0) is 13.5. The fraction of sp³-hybridized carbons (Fsp3) is 0.182. The Labute approximate surface area is 112 Å². The molecule has 0 heterocycles. The van der Waals surface area contributed by atoms with Crippen LogP contribution in [0.15, 0.2) is 22.7 Å². The summed E-state index contributed by atoms with van der Waals surface area (Å²) in [7, 11) is 0. The van der Waals surface area contributed by atoms with Gasteiger partial charge in [-0.2, -0.15) is 0 Å². The van der Waals surface area contributed by atoms with Crippen molar-refractivity contribution in [2.75, 3.05) is 13.2 Å². The van der Waals surface area contributed by atoms with Gasteiger partial charge < -0.3 is 10.1 Å². The predicted octanol–water partition coefficient (Wildman–Crippen LogP) is 1.49. The molecule has 18 heavy (non-hydrogen) atoms. The van der Waals surface area contributed by atoms with E-state index in [1.807, 2.05) is 0 Å². The third kappa shape index (κ3) is 4.07. The zero-order valence-electron chi connectivity index (χ0n) is 9.18. The van der Waals surface area contributed by atoms with E-state index in [9.17, 15) is 14.9 Å². The number of rotatable bonds is 5. The second kappa shape index (κ2) is 6.61. The van der Waals surface area contributed by atoms with Gasteiger partial charge in [0.15, 0.2) is 6.61 Å². The number of carbonyl (C=O) groups excluding carboxylic acids is 1. The summed E-state index contributed by atoms with van der Waals surface area (Å²) in [4.78, 5) is 21.3. The van der Waals surface area contributed by atoms with Crippen LogP contribution in [0.25, 0.3) is 0 Å². The topological polar surface area (TPSA) is 81.5 Å². The van der Waals surface area contributed by atoms with E-state index in [2.05, 4.69) is 27.2 Å². The summed E-state index contributed by atoms with van der Waals surface area (Å²) in [5.74, 6) is 2.07. The number of nitrogens with one attached hydrogen (secondary N) is 1. The molecule has 0 aliphatic heterocycles. The van der Waals surface area contributed by atoms with Crippen molar-refractivity contribution in [3.8, 4) is 18.1 Å². The van der Waals surface area contributed by atoms with E-state index in [4.69, 9.17) is 11.2 Å². The quantitative estimate of drug-likeness (QED) is 0.507. The molecule has 0 aliphatic carbocycles. The molecule has 1 aromatic carbocycles. The number of nitro groups is 1. The number of terminal acetylenes is 1. The lowest BCUT2D eigenvalue weighted by atomic mass is 10.3. The second-order valence-electron chi connectivity index (χ2n) is 3.14. The molecule has 0 saturated heterocycles. The number of benzene rings is 1. The van der Waals surface area contributed by atoms with Gasteiger partial charge in [-0.3, -0.25) is 14.9 Å². The zero-order valence-corrected chi connectivity index (χ0v) is 10.8. The molecule has 1 aromatic rings. The summed E-state index contributed by atoms with van der Waals surface area (Å²) in [5.41, 5.74) is -0.114. The molecule has 1 rings (SSSR count). The Hall–Kier alpha value is -2.07. The van der Waals surface area contributed by atoms with Gasteiger partial charge in [0.05, 0.1) is 22.0 Å². The SMILES string of the molecule is C#CCNC(=O)COc1cc([N+](=O)[O-])ccc1Br. The van der Waals surface area contributed by atoms with Crippen LogP contribution in [0.5, 0.6) is 5.75 Å². The Balaban J connectivity index is 2.67. The van der Waals surface area contributed by atoms with Crippen molar-refractivity contribution in [1.29, 1.82) is 0 Å². The lowest BCUT2D eigenvalue weighted by Crippen LogP contribution is -2.29. The van der Waals surface area contributed by atoms with Crippen LogP contribution in [0, 0.1) is 22.5 Å². The van der Waals surface area contributed by atoms with E-state index in [-0.39, 0.29) is 24.6 Å². The van der Waals surface area contributed by atoms with Crippen molar-refractivity contribution < 1.29 is 14.5 Å². The molecule has 1 N–H and O–H groups in total. The summed E-state index contributed by atoms with van der Waals surface area (Å²) >= 11 is 3.17. The van der Waals surface area contributed by atoms with Gasteiger partial charge >= 0.3 is 0 Å². The first-order chi connectivity index (χ1) is 8.54. The fourth-order valence-electron chi connectivity index (χ4n) is 1.06. The predicted molar refractivity (Wildman–Crippen MR) is 68.1 cm³/mol. The minimum atomic E-state index is -0.544. The number of nitro benzene ring substituents is 1. The molecule has 0 aromatic heterocycles. The summed E-state index contributed by atoms with van der Waals surface area (Å²) in [6.45, 7) is -0.153. The molecule has 7 heteroatoms. The highest BCUT2D eigenvalue weighted by Gasteiger charge is 2.11. The smallest absolute Gasteiger partial charge is 0.273 e. The summed E-state index contributed by atoms with van der Waals surface area (Å²) in [6.07, 6.45) is 4.97. The van der Waals surface area contributed by atoms with Crippen molar-refractivity contribution in [2.24, 2.45) is 0 Å². The molecule has 0 unspecified atom stereocenters. The highest BCUT2D eigenvalue weighted by molar-refractivity contribution is 9.10. The molecule has 0 aliphatic rings. The molecular formula is C11H9BrN2O4. The van der Waals surface area contributed by atoms with Crippen molar-refractivity contribution in [2.45, 2.75) is 0 Å². The van der Waals surface area contributed by atoms with E-state index in [1.54, 1.807) is 0 Å². The van der Waals surface area contributed by atoms with Crippen molar-refractivity contribution in [3.05, 3.63) is 32.8 Å². The number of hydrogen-bond donors (Lipinski definition) is 1. The number of halogens is 1. The maximum atomic E-state index is 11.2. The minimum Gasteiger partial charge on any atom is -0.482 e. The number of ether oxygens (including phenoxy) is 1. The number of nitrogens with zero attached hydrogens (tertiary/aromatic N) is 1. The number of amides is 1. The normalized spacial score (nSPS) is 9.33. The third-order valence-electron chi connectivity index (χ3n) is 1.87. The molecule has 0 fully saturated rings. The minimum absolute atomic E-state index is 0.109. The molecule has 94 valence electrons. The number of non-ortho nitro benzene ring substituents is 1. The average Bonchev–Trinajstić information content (AvgIpc) is 2.35. The maximum absolute atomic E-state index is 11.2. The van der Waals surface area contributed by atoms with Gasteiger partial charge in [0, 0.05) is 6.07 Å². The molecule has 1 amide bonds. The Kier molecular flexibility index (Phi) is 5.14. The van der Waals surface area contributed by atoms with Crippen LogP contribution in [0.3, 0.4) is 0 Å². The highest BCUT2D eigenvalue weighted by atomic mass is 79.9.